The molecule has 0 unspecified atom stereocenters. The van der Waals surface area contributed by atoms with Crippen molar-refractivity contribution in [1.29, 1.82) is 0 Å². The van der Waals surface area contributed by atoms with E-state index in [0.717, 1.165) is 24.1 Å². The summed E-state index contributed by atoms with van der Waals surface area (Å²) in [6, 6.07) is 12.6. The van der Waals surface area contributed by atoms with Crippen LogP contribution < -0.4 is 5.32 Å². The first kappa shape index (κ1) is 35.8. The van der Waals surface area contributed by atoms with Gasteiger partial charge in [0.1, 0.15) is 17.7 Å². The Bertz CT molecular complexity index is 1450. The molecule has 262 valence electrons. The monoisotopic (exact) mass is 675 g/mol. The van der Waals surface area contributed by atoms with E-state index in [4.69, 9.17) is 14.2 Å². The number of anilines is 1. The molecule has 13 heteroatoms. The zero-order chi connectivity index (χ0) is 34.8. The first-order valence-corrected chi connectivity index (χ1v) is 16.4. The molecule has 3 saturated heterocycles. The van der Waals surface area contributed by atoms with Gasteiger partial charge in [-0.2, -0.15) is 13.2 Å². The summed E-state index contributed by atoms with van der Waals surface area (Å²) in [5.41, 5.74) is 2.07. The van der Waals surface area contributed by atoms with Crippen molar-refractivity contribution in [3.63, 3.8) is 0 Å². The fourth-order valence-corrected chi connectivity index (χ4v) is 6.63. The summed E-state index contributed by atoms with van der Waals surface area (Å²) in [6.45, 7) is 8.55. The Hall–Kier alpha value is -3.52. The van der Waals surface area contributed by atoms with Gasteiger partial charge in [-0.05, 0) is 76.3 Å². The van der Waals surface area contributed by atoms with Crippen LogP contribution in [0.2, 0.25) is 0 Å². The molecule has 48 heavy (non-hydrogen) atoms. The zero-order valence-corrected chi connectivity index (χ0v) is 27.7. The number of alkyl halides is 3. The lowest BCUT2D eigenvalue weighted by Crippen LogP contribution is -2.48. The van der Waals surface area contributed by atoms with Crippen LogP contribution in [0.1, 0.15) is 82.5 Å². The third kappa shape index (κ3) is 8.36. The quantitative estimate of drug-likeness (QED) is 0.364. The van der Waals surface area contributed by atoms with E-state index in [1.807, 2.05) is 52.0 Å². The predicted octanol–water partition coefficient (Wildman–Crippen LogP) is 5.27. The number of nitrogens with one attached hydrogen (secondary N) is 1. The molecule has 10 nitrogen and oxygen atoms in total. The van der Waals surface area contributed by atoms with Crippen LogP contribution in [0.15, 0.2) is 48.5 Å². The molecule has 5 rings (SSSR count). The molecule has 3 heterocycles. The number of nitrogens with zero attached hydrogens (tertiary/aromatic N) is 2. The topological polar surface area (TPSA) is 118 Å². The van der Waals surface area contributed by atoms with Crippen LogP contribution >= 0.6 is 0 Å². The van der Waals surface area contributed by atoms with Gasteiger partial charge in [-0.1, -0.05) is 43.3 Å². The van der Waals surface area contributed by atoms with Gasteiger partial charge in [0, 0.05) is 30.3 Å². The Kier molecular flexibility index (Phi) is 10.8. The molecule has 3 aliphatic heterocycles. The summed E-state index contributed by atoms with van der Waals surface area (Å²) in [5.74, 6) is -3.08. The molecular weight excluding hydrogens is 631 g/mol. The molecule has 2 aromatic carbocycles. The number of amides is 2. The number of esters is 1. The lowest BCUT2D eigenvalue weighted by molar-refractivity contribution is -0.276. The molecule has 0 radical (unpaired) electrons. The first-order chi connectivity index (χ1) is 22.6. The average Bonchev–Trinajstić information content (AvgIpc) is 3.71. The van der Waals surface area contributed by atoms with E-state index in [-0.39, 0.29) is 49.7 Å². The molecule has 3 aliphatic rings. The smallest absolute Gasteiger partial charge is 0.459 e. The number of rotatable bonds is 8. The Morgan fingerprint density at radius 2 is 1.54 bits per heavy atom. The van der Waals surface area contributed by atoms with Gasteiger partial charge in [0.15, 0.2) is 6.29 Å². The lowest BCUT2D eigenvalue weighted by atomic mass is 9.90. The molecule has 3 fully saturated rings. The highest BCUT2D eigenvalue weighted by molar-refractivity contribution is 5.98. The van der Waals surface area contributed by atoms with Crippen LogP contribution in [0.3, 0.4) is 0 Å². The maximum absolute atomic E-state index is 13.1. The van der Waals surface area contributed by atoms with Gasteiger partial charge in [0.05, 0.1) is 18.8 Å². The minimum Gasteiger partial charge on any atom is -0.459 e. The third-order valence-electron chi connectivity index (χ3n) is 9.09. The molecule has 6 atom stereocenters. The second-order valence-electron chi connectivity index (χ2n) is 13.8. The summed E-state index contributed by atoms with van der Waals surface area (Å²) < 4.78 is 57.9. The predicted molar refractivity (Wildman–Crippen MR) is 169 cm³/mol. The van der Waals surface area contributed by atoms with Crippen LogP contribution in [-0.4, -0.2) is 82.3 Å². The number of benzene rings is 2. The van der Waals surface area contributed by atoms with E-state index in [0.29, 0.717) is 35.5 Å². The standard InChI is InChI=1S/C35H44F3N3O7/c1-21-28(19-40-17-5-8-27(40)31(44)48-34(2,3)4)46-32(47-29(21)23-11-9-22(20-42)10-12-23)24-13-15-25(16-14-24)39-30(43)26-7-6-18-41(26)33(45)35(36,37)38/h9-16,21,26-29,32,42H,5-8,17-20H2,1-4H3,(H,39,43)/t21-,26-,27-,28+,29+,32+/m0/s1. The van der Waals surface area contributed by atoms with Crippen molar-refractivity contribution in [2.75, 3.05) is 25.0 Å². The van der Waals surface area contributed by atoms with E-state index in [9.17, 15) is 32.7 Å². The van der Waals surface area contributed by atoms with Gasteiger partial charge in [0.2, 0.25) is 5.91 Å². The minimum absolute atomic E-state index is 0.0863. The average molecular weight is 676 g/mol. The molecule has 2 amide bonds. The highest BCUT2D eigenvalue weighted by Crippen LogP contribution is 2.42. The van der Waals surface area contributed by atoms with Crippen LogP contribution in [0.4, 0.5) is 18.9 Å². The second-order valence-corrected chi connectivity index (χ2v) is 13.8. The van der Waals surface area contributed by atoms with E-state index in [1.54, 1.807) is 24.3 Å². The molecule has 0 bridgehead atoms. The third-order valence-corrected chi connectivity index (χ3v) is 9.09. The molecule has 0 aromatic heterocycles. The maximum atomic E-state index is 13.1. The van der Waals surface area contributed by atoms with Gasteiger partial charge >= 0.3 is 18.1 Å². The molecule has 2 aromatic rings. The minimum atomic E-state index is -5.05. The zero-order valence-electron chi connectivity index (χ0n) is 27.7. The van der Waals surface area contributed by atoms with Gasteiger partial charge in [-0.3, -0.25) is 19.3 Å². The van der Waals surface area contributed by atoms with Gasteiger partial charge < -0.3 is 29.5 Å². The van der Waals surface area contributed by atoms with E-state index < -0.39 is 35.9 Å². The summed E-state index contributed by atoms with van der Waals surface area (Å²) >= 11 is 0. The summed E-state index contributed by atoms with van der Waals surface area (Å²) in [6.07, 6.45) is -4.60. The highest BCUT2D eigenvalue weighted by atomic mass is 19.4. The molecule has 0 aliphatic carbocycles. The Morgan fingerprint density at radius 3 is 2.17 bits per heavy atom. The van der Waals surface area contributed by atoms with Crippen LogP contribution in [0.5, 0.6) is 0 Å². The lowest BCUT2D eigenvalue weighted by Gasteiger charge is -2.43. The molecule has 0 spiro atoms. The molecular formula is C35H44F3N3O7. The normalized spacial score (nSPS) is 26.8. The number of hydrogen-bond donors (Lipinski definition) is 2. The van der Waals surface area contributed by atoms with E-state index >= 15 is 0 Å². The van der Waals surface area contributed by atoms with Gasteiger partial charge in [-0.25, -0.2) is 0 Å². The SMILES string of the molecule is C[C@H]1[C@@H](CN2CCC[C@H]2C(=O)OC(C)(C)C)O[C@@H](c2ccc(NC(=O)[C@@H]3CCCN3C(=O)C(F)(F)F)cc2)O[C@H]1c1ccc(CO)cc1. The van der Waals surface area contributed by atoms with Crippen LogP contribution in [-0.2, 0) is 35.2 Å². The van der Waals surface area contributed by atoms with Crippen molar-refractivity contribution in [2.45, 2.75) is 102 Å². The van der Waals surface area contributed by atoms with E-state index in [1.165, 1.54) is 0 Å². The van der Waals surface area contributed by atoms with Crippen molar-refractivity contribution in [1.82, 2.24) is 9.80 Å². The Balaban J connectivity index is 1.33. The van der Waals surface area contributed by atoms with Crippen molar-refractivity contribution < 1.29 is 46.9 Å². The van der Waals surface area contributed by atoms with Crippen molar-refractivity contribution in [2.24, 2.45) is 5.92 Å². The number of carbonyl (C=O) groups excluding carboxylic acids is 3. The Labute approximate surface area is 278 Å². The first-order valence-electron chi connectivity index (χ1n) is 16.4. The fourth-order valence-electron chi connectivity index (χ4n) is 6.63. The maximum Gasteiger partial charge on any atom is 0.471 e. The molecule has 0 saturated carbocycles. The number of likely N-dealkylation sites (tertiary alicyclic amines) is 2. The number of carbonyl (C=O) groups is 3. The number of hydrogen-bond acceptors (Lipinski definition) is 8. The van der Waals surface area contributed by atoms with Gasteiger partial charge in [0.25, 0.3) is 0 Å². The highest BCUT2D eigenvalue weighted by Gasteiger charge is 2.48. The second kappa shape index (κ2) is 14.5. The number of aliphatic hydroxyl groups is 1. The summed E-state index contributed by atoms with van der Waals surface area (Å²) in [4.78, 5) is 40.5. The van der Waals surface area contributed by atoms with E-state index in [2.05, 4.69) is 10.2 Å². The number of ether oxygens (including phenoxy) is 3. The Morgan fingerprint density at radius 1 is 0.917 bits per heavy atom. The van der Waals surface area contributed by atoms with Crippen LogP contribution in [0.25, 0.3) is 0 Å². The summed E-state index contributed by atoms with van der Waals surface area (Å²) in [7, 11) is 0. The van der Waals surface area contributed by atoms with Crippen molar-refractivity contribution in [3.05, 3.63) is 65.2 Å². The van der Waals surface area contributed by atoms with Gasteiger partial charge in [-0.15, -0.1) is 0 Å². The van der Waals surface area contributed by atoms with Crippen molar-refractivity contribution >= 4 is 23.5 Å². The van der Waals surface area contributed by atoms with Crippen LogP contribution in [0, 0.1) is 5.92 Å². The van der Waals surface area contributed by atoms with Crippen molar-refractivity contribution in [3.8, 4) is 0 Å². The fraction of sp³-hybridized carbons (Fsp3) is 0.571. The molecule has 2 N–H and O–H groups in total. The largest absolute Gasteiger partial charge is 0.471 e. The summed E-state index contributed by atoms with van der Waals surface area (Å²) in [5, 5.41) is 12.2. The number of halogens is 3. The number of aliphatic hydroxyl groups excluding tert-OH is 1.